The van der Waals surface area contributed by atoms with Crippen LogP contribution in [0.25, 0.3) is 5.69 Å². The third kappa shape index (κ3) is 3.14. The summed E-state index contributed by atoms with van der Waals surface area (Å²) in [7, 11) is 1.81. The molecule has 94 valence electrons. The summed E-state index contributed by atoms with van der Waals surface area (Å²) in [5.74, 6) is -0.354. The third-order valence-electron chi connectivity index (χ3n) is 2.38. The van der Waals surface area contributed by atoms with E-state index < -0.39 is 0 Å². The van der Waals surface area contributed by atoms with Gasteiger partial charge in [0, 0.05) is 6.54 Å². The molecule has 2 N–H and O–H groups in total. The van der Waals surface area contributed by atoms with Crippen molar-refractivity contribution >= 4 is 5.91 Å². The van der Waals surface area contributed by atoms with E-state index in [1.54, 1.807) is 15.9 Å². The van der Waals surface area contributed by atoms with E-state index in [0.717, 1.165) is 11.4 Å². The van der Waals surface area contributed by atoms with Crippen LogP contribution in [0.4, 0.5) is 0 Å². The van der Waals surface area contributed by atoms with Crippen molar-refractivity contribution in [1.29, 1.82) is 0 Å². The Hall–Kier alpha value is -2.21. The molecule has 6 nitrogen and oxygen atoms in total. The fourth-order valence-electron chi connectivity index (χ4n) is 1.65. The van der Waals surface area contributed by atoms with Gasteiger partial charge in [-0.05, 0) is 19.2 Å². The maximum Gasteiger partial charge on any atom is 0.231 e. The summed E-state index contributed by atoms with van der Waals surface area (Å²) in [5.41, 5.74) is 6.82. The van der Waals surface area contributed by atoms with Gasteiger partial charge in [0.2, 0.25) is 5.91 Å². The molecule has 1 aromatic carbocycles. The summed E-state index contributed by atoms with van der Waals surface area (Å²) in [6.45, 7) is 0.744. The molecule has 18 heavy (non-hydrogen) atoms. The van der Waals surface area contributed by atoms with Crippen molar-refractivity contribution in [2.24, 2.45) is 5.73 Å². The molecule has 0 unspecified atom stereocenters. The Labute approximate surface area is 105 Å². The normalized spacial score (nSPS) is 10.8. The van der Waals surface area contributed by atoms with Crippen LogP contribution in [0.5, 0.6) is 0 Å². The number of likely N-dealkylation sites (N-methyl/N-ethyl adjacent to an activating group) is 1. The first-order valence-corrected chi connectivity index (χ1v) is 5.58. The number of carbonyl (C=O) groups is 1. The molecule has 1 heterocycles. The number of amides is 1. The fraction of sp³-hybridized carbons (Fsp3) is 0.250. The largest absolute Gasteiger partial charge is 0.369 e. The molecule has 0 aliphatic heterocycles. The lowest BCUT2D eigenvalue weighted by atomic mass is 10.3. The summed E-state index contributed by atoms with van der Waals surface area (Å²) < 4.78 is 0. The van der Waals surface area contributed by atoms with E-state index in [2.05, 4.69) is 10.2 Å². The molecule has 0 saturated heterocycles. The minimum Gasteiger partial charge on any atom is -0.369 e. The highest BCUT2D eigenvalue weighted by Crippen LogP contribution is 2.05. The second-order valence-electron chi connectivity index (χ2n) is 4.10. The van der Waals surface area contributed by atoms with Gasteiger partial charge >= 0.3 is 0 Å². The van der Waals surface area contributed by atoms with Crippen LogP contribution in [0, 0.1) is 0 Å². The van der Waals surface area contributed by atoms with E-state index in [9.17, 15) is 4.79 Å². The summed E-state index contributed by atoms with van der Waals surface area (Å²) in [6, 6.07) is 9.65. The summed E-state index contributed by atoms with van der Waals surface area (Å²) in [6.07, 6.45) is 1.69. The number of rotatable bonds is 5. The number of carbonyl (C=O) groups excluding carboxylic acids is 1. The van der Waals surface area contributed by atoms with Gasteiger partial charge in [-0.25, -0.2) is 0 Å². The zero-order valence-corrected chi connectivity index (χ0v) is 10.2. The highest BCUT2D eigenvalue weighted by molar-refractivity contribution is 5.75. The van der Waals surface area contributed by atoms with Gasteiger partial charge in [-0.2, -0.15) is 15.0 Å². The molecule has 1 amide bonds. The van der Waals surface area contributed by atoms with Gasteiger partial charge in [0.05, 0.1) is 24.1 Å². The second kappa shape index (κ2) is 5.42. The average molecular weight is 245 g/mol. The number of primary amides is 1. The minimum absolute atomic E-state index is 0.207. The number of nitrogens with two attached hydrogens (primary N) is 1. The van der Waals surface area contributed by atoms with Gasteiger partial charge in [-0.3, -0.25) is 9.69 Å². The summed E-state index contributed by atoms with van der Waals surface area (Å²) in [5, 5.41) is 8.52. The van der Waals surface area contributed by atoms with E-state index in [-0.39, 0.29) is 12.5 Å². The van der Waals surface area contributed by atoms with Gasteiger partial charge in [0.1, 0.15) is 0 Å². The van der Waals surface area contributed by atoms with Crippen molar-refractivity contribution in [1.82, 2.24) is 19.9 Å². The maximum absolute atomic E-state index is 10.8. The Balaban J connectivity index is 2.05. The molecule has 1 aromatic heterocycles. The van der Waals surface area contributed by atoms with Gasteiger partial charge in [0.15, 0.2) is 0 Å². The molecule has 0 fully saturated rings. The van der Waals surface area contributed by atoms with Crippen LogP contribution in [0.15, 0.2) is 36.5 Å². The molecule has 6 heteroatoms. The van der Waals surface area contributed by atoms with Crippen LogP contribution in [0.1, 0.15) is 5.69 Å². The van der Waals surface area contributed by atoms with Crippen molar-refractivity contribution in [3.05, 3.63) is 42.2 Å². The van der Waals surface area contributed by atoms with E-state index >= 15 is 0 Å². The molecule has 2 rings (SSSR count). The highest BCUT2D eigenvalue weighted by atomic mass is 16.1. The first kappa shape index (κ1) is 12.3. The molecule has 0 saturated carbocycles. The van der Waals surface area contributed by atoms with Gasteiger partial charge in [-0.1, -0.05) is 18.2 Å². The molecule has 0 bridgehead atoms. The molecule has 0 spiro atoms. The SMILES string of the molecule is CN(CC(N)=O)Cc1cnn(-c2ccccc2)n1. The van der Waals surface area contributed by atoms with Crippen LogP contribution in [-0.2, 0) is 11.3 Å². The molecule has 0 aliphatic rings. The standard InChI is InChI=1S/C12H15N5O/c1-16(9-12(13)18)8-10-7-14-17(15-10)11-5-3-2-4-6-11/h2-7H,8-9H2,1H3,(H2,13,18). The van der Waals surface area contributed by atoms with E-state index in [4.69, 9.17) is 5.73 Å². The van der Waals surface area contributed by atoms with E-state index in [1.165, 1.54) is 0 Å². The number of aromatic nitrogens is 3. The predicted molar refractivity (Wildman–Crippen MR) is 66.9 cm³/mol. The lowest BCUT2D eigenvalue weighted by Crippen LogP contribution is -2.30. The number of nitrogens with zero attached hydrogens (tertiary/aromatic N) is 4. The third-order valence-corrected chi connectivity index (χ3v) is 2.38. The number of benzene rings is 1. The molecule has 0 radical (unpaired) electrons. The van der Waals surface area contributed by atoms with Crippen LogP contribution in [-0.4, -0.2) is 39.4 Å². The monoisotopic (exact) mass is 245 g/mol. The zero-order valence-electron chi connectivity index (χ0n) is 10.2. The maximum atomic E-state index is 10.8. The Bertz CT molecular complexity index is 522. The lowest BCUT2D eigenvalue weighted by Gasteiger charge is -2.11. The average Bonchev–Trinajstić information content (AvgIpc) is 2.77. The van der Waals surface area contributed by atoms with Crippen LogP contribution >= 0.6 is 0 Å². The highest BCUT2D eigenvalue weighted by Gasteiger charge is 2.07. The molecule has 0 atom stereocenters. The van der Waals surface area contributed by atoms with Crippen molar-refractivity contribution in [2.45, 2.75) is 6.54 Å². The second-order valence-corrected chi connectivity index (χ2v) is 4.10. The summed E-state index contributed by atoms with van der Waals surface area (Å²) >= 11 is 0. The van der Waals surface area contributed by atoms with Gasteiger partial charge < -0.3 is 5.73 Å². The van der Waals surface area contributed by atoms with Crippen LogP contribution in [0.2, 0.25) is 0 Å². The topological polar surface area (TPSA) is 77.0 Å². The van der Waals surface area contributed by atoms with E-state index in [1.807, 2.05) is 37.4 Å². The van der Waals surface area contributed by atoms with Crippen molar-refractivity contribution in [3.8, 4) is 5.69 Å². The molecule has 0 aliphatic carbocycles. The van der Waals surface area contributed by atoms with Crippen molar-refractivity contribution in [2.75, 3.05) is 13.6 Å². The van der Waals surface area contributed by atoms with Crippen LogP contribution in [0.3, 0.4) is 0 Å². The van der Waals surface area contributed by atoms with Crippen molar-refractivity contribution < 1.29 is 4.79 Å². The van der Waals surface area contributed by atoms with Crippen LogP contribution < -0.4 is 5.73 Å². The first-order chi connectivity index (χ1) is 8.65. The lowest BCUT2D eigenvalue weighted by molar-refractivity contribution is -0.118. The minimum atomic E-state index is -0.354. The van der Waals surface area contributed by atoms with Gasteiger partial charge in [0.25, 0.3) is 0 Å². The molecule has 2 aromatic rings. The Morgan fingerprint density at radius 2 is 2.11 bits per heavy atom. The van der Waals surface area contributed by atoms with Crippen molar-refractivity contribution in [3.63, 3.8) is 0 Å². The Kier molecular flexibility index (Phi) is 3.69. The first-order valence-electron chi connectivity index (χ1n) is 5.58. The number of para-hydroxylation sites is 1. The predicted octanol–water partition coefficient (Wildman–Crippen LogP) is 0.184. The molecular formula is C12H15N5O. The van der Waals surface area contributed by atoms with E-state index in [0.29, 0.717) is 6.54 Å². The summed E-state index contributed by atoms with van der Waals surface area (Å²) in [4.78, 5) is 14.1. The quantitative estimate of drug-likeness (QED) is 0.815. The van der Waals surface area contributed by atoms with Gasteiger partial charge in [-0.15, -0.1) is 0 Å². The Morgan fingerprint density at radius 3 is 2.78 bits per heavy atom. The zero-order chi connectivity index (χ0) is 13.0. The smallest absolute Gasteiger partial charge is 0.231 e. The number of hydrogen-bond acceptors (Lipinski definition) is 4. The molecular weight excluding hydrogens is 230 g/mol. The fourth-order valence-corrected chi connectivity index (χ4v) is 1.65. The Morgan fingerprint density at radius 1 is 1.39 bits per heavy atom. The number of hydrogen-bond donors (Lipinski definition) is 1.